The minimum atomic E-state index is -0.169. The first-order valence-corrected chi connectivity index (χ1v) is 5.42. The highest BCUT2D eigenvalue weighted by Gasteiger charge is 2.24. The summed E-state index contributed by atoms with van der Waals surface area (Å²) in [5, 5.41) is 0. The van der Waals surface area contributed by atoms with Gasteiger partial charge in [-0.15, -0.1) is 0 Å². The molecule has 0 radical (unpaired) electrons. The Hall–Kier alpha value is -0.890. The number of pyridine rings is 1. The summed E-state index contributed by atoms with van der Waals surface area (Å²) in [5.41, 5.74) is 7.40. The van der Waals surface area contributed by atoms with Gasteiger partial charge in [-0.25, -0.2) is 0 Å². The highest BCUT2D eigenvalue weighted by molar-refractivity contribution is 5.19. The monoisotopic (exact) mass is 192 g/mol. The van der Waals surface area contributed by atoms with Crippen LogP contribution in [0, 0.1) is 0 Å². The predicted octanol–water partition coefficient (Wildman–Crippen LogP) is 2.84. The Kier molecular flexibility index (Phi) is 4.08. The van der Waals surface area contributed by atoms with Gasteiger partial charge in [-0.05, 0) is 24.5 Å². The van der Waals surface area contributed by atoms with E-state index in [4.69, 9.17) is 5.73 Å². The van der Waals surface area contributed by atoms with Crippen LogP contribution in [0.2, 0.25) is 0 Å². The number of rotatable bonds is 5. The van der Waals surface area contributed by atoms with Crippen LogP contribution in [0.3, 0.4) is 0 Å². The summed E-state index contributed by atoms with van der Waals surface area (Å²) in [5.74, 6) is 0. The molecule has 0 amide bonds. The van der Waals surface area contributed by atoms with Crippen LogP contribution in [-0.2, 0) is 5.54 Å². The summed E-state index contributed by atoms with van der Waals surface area (Å²) < 4.78 is 0. The molecule has 0 saturated heterocycles. The van der Waals surface area contributed by atoms with Gasteiger partial charge in [0, 0.05) is 17.9 Å². The Balaban J connectivity index is 2.87. The van der Waals surface area contributed by atoms with Crippen molar-refractivity contribution < 1.29 is 0 Å². The number of nitrogens with zero attached hydrogens (tertiary/aromatic N) is 1. The molecular weight excluding hydrogens is 172 g/mol. The maximum absolute atomic E-state index is 6.40. The first kappa shape index (κ1) is 11.2. The minimum absolute atomic E-state index is 0.169. The van der Waals surface area contributed by atoms with Crippen LogP contribution in [0.5, 0.6) is 0 Å². The van der Waals surface area contributed by atoms with Gasteiger partial charge in [0.25, 0.3) is 0 Å². The zero-order valence-electron chi connectivity index (χ0n) is 9.16. The molecule has 0 aliphatic heterocycles. The Morgan fingerprint density at radius 1 is 1.29 bits per heavy atom. The van der Waals surface area contributed by atoms with Crippen molar-refractivity contribution in [2.45, 2.75) is 45.1 Å². The summed E-state index contributed by atoms with van der Waals surface area (Å²) in [6, 6.07) is 4.04. The van der Waals surface area contributed by atoms with E-state index in [1.807, 2.05) is 12.3 Å². The summed E-state index contributed by atoms with van der Waals surface area (Å²) in [6.45, 7) is 4.35. The van der Waals surface area contributed by atoms with Gasteiger partial charge in [-0.1, -0.05) is 32.8 Å². The third-order valence-corrected chi connectivity index (χ3v) is 2.63. The van der Waals surface area contributed by atoms with E-state index in [0.717, 1.165) is 25.7 Å². The zero-order valence-corrected chi connectivity index (χ0v) is 9.16. The molecule has 0 atom stereocenters. The highest BCUT2D eigenvalue weighted by Crippen LogP contribution is 2.27. The quantitative estimate of drug-likeness (QED) is 0.779. The molecule has 0 spiro atoms. The molecule has 1 aromatic heterocycles. The molecule has 1 rings (SSSR count). The lowest BCUT2D eigenvalue weighted by molar-refractivity contribution is 0.368. The van der Waals surface area contributed by atoms with Crippen LogP contribution in [0.15, 0.2) is 24.5 Å². The van der Waals surface area contributed by atoms with Crippen molar-refractivity contribution in [3.63, 3.8) is 0 Å². The summed E-state index contributed by atoms with van der Waals surface area (Å²) in [7, 11) is 0. The van der Waals surface area contributed by atoms with Gasteiger partial charge >= 0.3 is 0 Å². The van der Waals surface area contributed by atoms with E-state index in [9.17, 15) is 0 Å². The van der Waals surface area contributed by atoms with Crippen molar-refractivity contribution in [1.82, 2.24) is 4.98 Å². The maximum Gasteiger partial charge on any atom is 0.0424 e. The van der Waals surface area contributed by atoms with Crippen molar-refractivity contribution in [3.8, 4) is 0 Å². The molecule has 1 heterocycles. The molecule has 0 saturated carbocycles. The number of nitrogens with two attached hydrogens (primary N) is 1. The Labute approximate surface area is 86.5 Å². The second kappa shape index (κ2) is 5.11. The SMILES string of the molecule is CCCC(N)(CCC)c1cccnc1. The highest BCUT2D eigenvalue weighted by atomic mass is 14.8. The second-order valence-corrected chi connectivity index (χ2v) is 3.90. The molecule has 2 heteroatoms. The molecular formula is C12H20N2. The lowest BCUT2D eigenvalue weighted by atomic mass is 9.84. The van der Waals surface area contributed by atoms with Crippen LogP contribution in [0.1, 0.15) is 45.1 Å². The van der Waals surface area contributed by atoms with Gasteiger partial charge in [-0.3, -0.25) is 4.98 Å². The molecule has 0 aliphatic carbocycles. The fraction of sp³-hybridized carbons (Fsp3) is 0.583. The van der Waals surface area contributed by atoms with Gasteiger partial charge in [0.15, 0.2) is 0 Å². The lowest BCUT2D eigenvalue weighted by Crippen LogP contribution is -2.36. The van der Waals surface area contributed by atoms with Crippen molar-refractivity contribution in [2.75, 3.05) is 0 Å². The first-order valence-electron chi connectivity index (χ1n) is 5.42. The lowest BCUT2D eigenvalue weighted by Gasteiger charge is -2.29. The smallest absolute Gasteiger partial charge is 0.0424 e. The molecule has 0 aliphatic rings. The number of hydrogen-bond acceptors (Lipinski definition) is 2. The summed E-state index contributed by atoms with van der Waals surface area (Å²) >= 11 is 0. The van der Waals surface area contributed by atoms with E-state index in [0.29, 0.717) is 0 Å². The van der Waals surface area contributed by atoms with Gasteiger partial charge in [0.2, 0.25) is 0 Å². The standard InChI is InChI=1S/C12H20N2/c1-3-7-12(13,8-4-2)11-6-5-9-14-10-11/h5-6,9-10H,3-4,7-8,13H2,1-2H3. The number of hydrogen-bond donors (Lipinski definition) is 1. The Bertz CT molecular complexity index is 250. The Morgan fingerprint density at radius 3 is 2.36 bits per heavy atom. The molecule has 0 bridgehead atoms. The Morgan fingerprint density at radius 2 is 1.93 bits per heavy atom. The molecule has 2 nitrogen and oxygen atoms in total. The van der Waals surface area contributed by atoms with E-state index in [2.05, 4.69) is 24.9 Å². The summed E-state index contributed by atoms with van der Waals surface area (Å²) in [6.07, 6.45) is 7.99. The fourth-order valence-corrected chi connectivity index (χ4v) is 1.96. The van der Waals surface area contributed by atoms with Crippen LogP contribution in [0.25, 0.3) is 0 Å². The molecule has 0 aromatic carbocycles. The normalized spacial score (nSPS) is 11.6. The third-order valence-electron chi connectivity index (χ3n) is 2.63. The molecule has 2 N–H and O–H groups in total. The van der Waals surface area contributed by atoms with Crippen LogP contribution in [0.4, 0.5) is 0 Å². The van der Waals surface area contributed by atoms with Gasteiger partial charge in [0.1, 0.15) is 0 Å². The van der Waals surface area contributed by atoms with Crippen molar-refractivity contribution in [1.29, 1.82) is 0 Å². The van der Waals surface area contributed by atoms with E-state index in [-0.39, 0.29) is 5.54 Å². The van der Waals surface area contributed by atoms with Crippen LogP contribution < -0.4 is 5.73 Å². The maximum atomic E-state index is 6.40. The number of aromatic nitrogens is 1. The van der Waals surface area contributed by atoms with E-state index in [1.165, 1.54) is 5.56 Å². The van der Waals surface area contributed by atoms with Gasteiger partial charge in [-0.2, -0.15) is 0 Å². The average Bonchev–Trinajstić information content (AvgIpc) is 2.20. The predicted molar refractivity (Wildman–Crippen MR) is 59.9 cm³/mol. The average molecular weight is 192 g/mol. The third kappa shape index (κ3) is 2.55. The van der Waals surface area contributed by atoms with Crippen LogP contribution >= 0.6 is 0 Å². The van der Waals surface area contributed by atoms with Gasteiger partial charge < -0.3 is 5.73 Å². The topological polar surface area (TPSA) is 38.9 Å². The largest absolute Gasteiger partial charge is 0.321 e. The van der Waals surface area contributed by atoms with E-state index >= 15 is 0 Å². The zero-order chi connectivity index (χ0) is 10.4. The summed E-state index contributed by atoms with van der Waals surface area (Å²) in [4.78, 5) is 4.14. The second-order valence-electron chi connectivity index (χ2n) is 3.90. The molecule has 14 heavy (non-hydrogen) atoms. The van der Waals surface area contributed by atoms with Crippen molar-refractivity contribution in [2.24, 2.45) is 5.73 Å². The van der Waals surface area contributed by atoms with E-state index in [1.54, 1.807) is 6.20 Å². The van der Waals surface area contributed by atoms with Gasteiger partial charge in [0.05, 0.1) is 0 Å². The van der Waals surface area contributed by atoms with Crippen molar-refractivity contribution in [3.05, 3.63) is 30.1 Å². The van der Waals surface area contributed by atoms with E-state index < -0.39 is 0 Å². The minimum Gasteiger partial charge on any atom is -0.321 e. The molecule has 0 fully saturated rings. The molecule has 0 unspecified atom stereocenters. The molecule has 78 valence electrons. The fourth-order valence-electron chi connectivity index (χ4n) is 1.96. The molecule has 1 aromatic rings. The van der Waals surface area contributed by atoms with Crippen molar-refractivity contribution >= 4 is 0 Å². The first-order chi connectivity index (χ1) is 6.73. The van der Waals surface area contributed by atoms with Crippen LogP contribution in [-0.4, -0.2) is 4.98 Å².